The van der Waals surface area contributed by atoms with Gasteiger partial charge in [0, 0.05) is 20.1 Å². The molecule has 2 N–H and O–H groups in total. The van der Waals surface area contributed by atoms with E-state index >= 15 is 0 Å². The molecule has 1 aromatic heterocycles. The molecule has 23 heavy (non-hydrogen) atoms. The van der Waals surface area contributed by atoms with Crippen molar-refractivity contribution in [3.8, 4) is 0 Å². The predicted molar refractivity (Wildman–Crippen MR) is 90.2 cm³/mol. The summed E-state index contributed by atoms with van der Waals surface area (Å²) < 4.78 is 4.72. The van der Waals surface area contributed by atoms with E-state index in [1.54, 1.807) is 18.9 Å². The number of nitrogens with one attached hydrogen (secondary N) is 2. The summed E-state index contributed by atoms with van der Waals surface area (Å²) in [7, 11) is 2.97. The van der Waals surface area contributed by atoms with Gasteiger partial charge in [0.25, 0.3) is 5.91 Å². The Labute approximate surface area is 140 Å². The zero-order valence-electron chi connectivity index (χ0n) is 14.1. The highest BCUT2D eigenvalue weighted by molar-refractivity contribution is 7.18. The van der Waals surface area contributed by atoms with Crippen LogP contribution in [0.5, 0.6) is 0 Å². The predicted octanol–water partition coefficient (Wildman–Crippen LogP) is 1.48. The second kappa shape index (κ2) is 8.52. The van der Waals surface area contributed by atoms with E-state index in [1.807, 2.05) is 13.8 Å². The molecule has 8 heteroatoms. The lowest BCUT2D eigenvalue weighted by atomic mass is 10.1. The summed E-state index contributed by atoms with van der Waals surface area (Å²) in [6.07, 6.45) is 0. The molecule has 1 rings (SSSR count). The van der Waals surface area contributed by atoms with Crippen LogP contribution >= 0.6 is 11.3 Å². The van der Waals surface area contributed by atoms with Crippen molar-refractivity contribution in [1.29, 1.82) is 0 Å². The maximum Gasteiger partial charge on any atom is 0.348 e. The molecular weight excluding hydrogens is 318 g/mol. The minimum absolute atomic E-state index is 0.0769. The number of likely N-dealkylation sites (N-methyl/N-ethyl adjacent to an activating group) is 1. The Morgan fingerprint density at radius 3 is 2.30 bits per heavy atom. The van der Waals surface area contributed by atoms with Crippen LogP contribution in [0, 0.1) is 6.92 Å². The van der Waals surface area contributed by atoms with E-state index in [4.69, 9.17) is 4.74 Å². The first-order valence-electron chi connectivity index (χ1n) is 7.36. The average molecular weight is 341 g/mol. The van der Waals surface area contributed by atoms with Crippen molar-refractivity contribution in [2.45, 2.75) is 20.8 Å². The lowest BCUT2D eigenvalue weighted by Gasteiger charge is -2.18. The summed E-state index contributed by atoms with van der Waals surface area (Å²) in [4.78, 5) is 38.1. The number of hydrogen-bond acceptors (Lipinski definition) is 6. The number of amides is 2. The van der Waals surface area contributed by atoms with E-state index in [-0.39, 0.29) is 12.5 Å². The van der Waals surface area contributed by atoms with E-state index in [9.17, 15) is 14.4 Å². The van der Waals surface area contributed by atoms with Crippen molar-refractivity contribution in [3.63, 3.8) is 0 Å². The highest BCUT2D eigenvalue weighted by atomic mass is 32.1. The molecule has 0 atom stereocenters. The van der Waals surface area contributed by atoms with Crippen molar-refractivity contribution in [3.05, 3.63) is 16.0 Å². The molecule has 2 amide bonds. The van der Waals surface area contributed by atoms with Crippen LogP contribution in [-0.2, 0) is 9.53 Å². The molecule has 0 radical (unpaired) electrons. The third-order valence-electron chi connectivity index (χ3n) is 3.49. The number of thiophene rings is 1. The third kappa shape index (κ3) is 4.22. The molecule has 0 aromatic carbocycles. The number of anilines is 1. The van der Waals surface area contributed by atoms with Gasteiger partial charge in [0.05, 0.1) is 19.2 Å². The number of ether oxygens (including phenoxy) is 1. The second-order valence-electron chi connectivity index (χ2n) is 4.75. The molecule has 0 spiro atoms. The molecule has 0 saturated carbocycles. The molecule has 0 bridgehead atoms. The fourth-order valence-electron chi connectivity index (χ4n) is 2.18. The van der Waals surface area contributed by atoms with E-state index < -0.39 is 11.9 Å². The number of hydrogen-bond donors (Lipinski definition) is 2. The molecule has 0 saturated heterocycles. The lowest BCUT2D eigenvalue weighted by Crippen LogP contribution is -2.40. The van der Waals surface area contributed by atoms with Crippen molar-refractivity contribution in [2.24, 2.45) is 0 Å². The van der Waals surface area contributed by atoms with Crippen LogP contribution in [-0.4, -0.2) is 56.5 Å². The Kier molecular flexibility index (Phi) is 7.02. The van der Waals surface area contributed by atoms with Crippen molar-refractivity contribution < 1.29 is 19.1 Å². The molecule has 1 heterocycles. The SMILES string of the molecule is CCN(CC)C(=O)CNC(=O)c1c(NC)sc(C(=O)OC)c1C. The van der Waals surface area contributed by atoms with Gasteiger partial charge in [-0.15, -0.1) is 11.3 Å². The Morgan fingerprint density at radius 1 is 1.22 bits per heavy atom. The first-order chi connectivity index (χ1) is 10.9. The Morgan fingerprint density at radius 2 is 1.83 bits per heavy atom. The van der Waals surface area contributed by atoms with Gasteiger partial charge in [0.1, 0.15) is 9.88 Å². The summed E-state index contributed by atoms with van der Waals surface area (Å²) in [6.45, 7) is 6.56. The van der Waals surface area contributed by atoms with Crippen LogP contribution in [0.3, 0.4) is 0 Å². The quantitative estimate of drug-likeness (QED) is 0.734. The van der Waals surface area contributed by atoms with Gasteiger partial charge in [0.15, 0.2) is 0 Å². The van der Waals surface area contributed by atoms with Crippen LogP contribution in [0.15, 0.2) is 0 Å². The number of carbonyl (C=O) groups is 3. The smallest absolute Gasteiger partial charge is 0.348 e. The van der Waals surface area contributed by atoms with E-state index in [0.717, 1.165) is 11.3 Å². The summed E-state index contributed by atoms with van der Waals surface area (Å²) >= 11 is 1.15. The fourth-order valence-corrected chi connectivity index (χ4v) is 3.26. The van der Waals surface area contributed by atoms with Gasteiger partial charge in [-0.1, -0.05) is 0 Å². The van der Waals surface area contributed by atoms with Gasteiger partial charge >= 0.3 is 5.97 Å². The average Bonchev–Trinajstić information content (AvgIpc) is 2.89. The minimum atomic E-state index is -0.484. The second-order valence-corrected chi connectivity index (χ2v) is 5.77. The molecule has 0 unspecified atom stereocenters. The largest absolute Gasteiger partial charge is 0.465 e. The molecule has 0 aliphatic rings. The summed E-state index contributed by atoms with van der Waals surface area (Å²) in [5, 5.41) is 6.09. The van der Waals surface area contributed by atoms with Gasteiger partial charge in [-0.25, -0.2) is 4.79 Å². The Balaban J connectivity index is 2.93. The number of methoxy groups -OCH3 is 1. The zero-order chi connectivity index (χ0) is 17.6. The van der Waals surface area contributed by atoms with Crippen molar-refractivity contribution in [2.75, 3.05) is 39.1 Å². The summed E-state index contributed by atoms with van der Waals surface area (Å²) in [5.74, 6) is -1.02. The minimum Gasteiger partial charge on any atom is -0.465 e. The maximum absolute atomic E-state index is 12.4. The third-order valence-corrected chi connectivity index (χ3v) is 4.78. The topological polar surface area (TPSA) is 87.7 Å². The van der Waals surface area contributed by atoms with Gasteiger partial charge in [0.2, 0.25) is 5.91 Å². The standard InChI is InChI=1S/C15H23N3O4S/c1-6-18(7-2)10(19)8-17-13(20)11-9(3)12(15(21)22-5)23-14(11)16-4/h16H,6-8H2,1-5H3,(H,17,20). The van der Waals surface area contributed by atoms with Gasteiger partial charge in [-0.3, -0.25) is 9.59 Å². The molecule has 0 aliphatic carbocycles. The Hall–Kier alpha value is -2.09. The fraction of sp³-hybridized carbons (Fsp3) is 0.533. The number of esters is 1. The molecule has 0 aliphatic heterocycles. The normalized spacial score (nSPS) is 10.1. The highest BCUT2D eigenvalue weighted by Gasteiger charge is 2.25. The monoisotopic (exact) mass is 341 g/mol. The summed E-state index contributed by atoms with van der Waals surface area (Å²) in [5.41, 5.74) is 0.907. The Bertz CT molecular complexity index is 594. The van der Waals surface area contributed by atoms with E-state index in [2.05, 4.69) is 10.6 Å². The van der Waals surface area contributed by atoms with E-state index in [0.29, 0.717) is 34.1 Å². The highest BCUT2D eigenvalue weighted by Crippen LogP contribution is 2.33. The van der Waals surface area contributed by atoms with Gasteiger partial charge in [-0.05, 0) is 26.3 Å². The molecule has 128 valence electrons. The number of nitrogens with zero attached hydrogens (tertiary/aromatic N) is 1. The number of rotatable bonds is 7. The summed E-state index contributed by atoms with van der Waals surface area (Å²) in [6, 6.07) is 0. The van der Waals surface area contributed by atoms with Crippen LogP contribution < -0.4 is 10.6 Å². The van der Waals surface area contributed by atoms with Crippen molar-refractivity contribution >= 4 is 34.1 Å². The maximum atomic E-state index is 12.4. The molecular formula is C15H23N3O4S. The van der Waals surface area contributed by atoms with Crippen LogP contribution in [0.2, 0.25) is 0 Å². The molecule has 0 fully saturated rings. The number of carbonyl (C=O) groups excluding carboxylic acids is 3. The molecule has 1 aromatic rings. The van der Waals surface area contributed by atoms with Crippen LogP contribution in [0.4, 0.5) is 5.00 Å². The van der Waals surface area contributed by atoms with Crippen LogP contribution in [0.25, 0.3) is 0 Å². The first kappa shape index (κ1) is 19.0. The van der Waals surface area contributed by atoms with E-state index in [1.165, 1.54) is 7.11 Å². The zero-order valence-corrected chi connectivity index (χ0v) is 14.9. The van der Waals surface area contributed by atoms with Crippen LogP contribution in [0.1, 0.15) is 39.4 Å². The first-order valence-corrected chi connectivity index (χ1v) is 8.18. The van der Waals surface area contributed by atoms with Gasteiger partial charge < -0.3 is 20.3 Å². The van der Waals surface area contributed by atoms with Crippen molar-refractivity contribution in [1.82, 2.24) is 10.2 Å². The van der Waals surface area contributed by atoms with Gasteiger partial charge in [-0.2, -0.15) is 0 Å². The molecule has 7 nitrogen and oxygen atoms in total. The lowest BCUT2D eigenvalue weighted by molar-refractivity contribution is -0.129.